The molecule has 0 amide bonds. The van der Waals surface area contributed by atoms with Crippen LogP contribution < -0.4 is 4.74 Å². The van der Waals surface area contributed by atoms with E-state index in [-0.39, 0.29) is 13.0 Å². The maximum absolute atomic E-state index is 10.5. The summed E-state index contributed by atoms with van der Waals surface area (Å²) < 4.78 is 5.12. The number of hydrogen-bond donors (Lipinski definition) is 0. The fraction of sp³-hybridized carbons (Fsp3) is 0.364. The van der Waals surface area contributed by atoms with Crippen LogP contribution >= 0.6 is 0 Å². The minimum Gasteiger partial charge on any atom is -0.496 e. The molecule has 0 radical (unpaired) electrons. The number of carbonyl (C=O) groups is 1. The van der Waals surface area contributed by atoms with Gasteiger partial charge in [-0.05, 0) is 6.07 Å². The molecule has 1 aromatic rings. The van der Waals surface area contributed by atoms with Crippen molar-refractivity contribution in [1.29, 1.82) is 0 Å². The third kappa shape index (κ3) is 3.05. The van der Waals surface area contributed by atoms with E-state index in [4.69, 9.17) is 4.74 Å². The molecule has 0 saturated carbocycles. The summed E-state index contributed by atoms with van der Waals surface area (Å²) in [4.78, 5) is 20.6. The Hall–Kier alpha value is -1.91. The van der Waals surface area contributed by atoms with Crippen molar-refractivity contribution < 1.29 is 14.5 Å². The van der Waals surface area contributed by atoms with Crippen molar-refractivity contribution in [3.05, 3.63) is 39.9 Å². The van der Waals surface area contributed by atoms with E-state index in [1.54, 1.807) is 24.3 Å². The minimum atomic E-state index is -0.427. The average Bonchev–Trinajstić information content (AvgIpc) is 2.28. The van der Waals surface area contributed by atoms with E-state index in [2.05, 4.69) is 0 Å². The normalized spacial score (nSPS) is 11.8. The first-order chi connectivity index (χ1) is 7.69. The standard InChI is InChI=1S/C11H13NO4/c1-16-11-5-3-2-4-10(11)9(6-7-13)8-12(14)15/h2-5,7,9H,6,8H2,1H3/t9-/m0/s1. The van der Waals surface area contributed by atoms with Crippen LogP contribution in [0.3, 0.4) is 0 Å². The predicted molar refractivity (Wildman–Crippen MR) is 58.3 cm³/mol. The Kier molecular flexibility index (Phi) is 4.44. The van der Waals surface area contributed by atoms with E-state index < -0.39 is 10.8 Å². The van der Waals surface area contributed by atoms with E-state index >= 15 is 0 Å². The summed E-state index contributed by atoms with van der Waals surface area (Å²) >= 11 is 0. The predicted octanol–water partition coefficient (Wildman–Crippen LogP) is 1.64. The molecule has 0 aliphatic rings. The van der Waals surface area contributed by atoms with E-state index in [1.165, 1.54) is 7.11 Å². The number of ether oxygens (including phenoxy) is 1. The second kappa shape index (κ2) is 5.85. The minimum absolute atomic E-state index is 0.126. The van der Waals surface area contributed by atoms with Crippen molar-refractivity contribution >= 4 is 6.29 Å². The van der Waals surface area contributed by atoms with Crippen LogP contribution in [0, 0.1) is 10.1 Å². The van der Waals surface area contributed by atoms with Crippen LogP contribution in [0.4, 0.5) is 0 Å². The highest BCUT2D eigenvalue weighted by Gasteiger charge is 2.20. The molecule has 0 spiro atoms. The smallest absolute Gasteiger partial charge is 0.211 e. The van der Waals surface area contributed by atoms with Gasteiger partial charge in [0.25, 0.3) is 0 Å². The van der Waals surface area contributed by atoms with Gasteiger partial charge < -0.3 is 9.53 Å². The first-order valence-corrected chi connectivity index (χ1v) is 4.87. The summed E-state index contributed by atoms with van der Waals surface area (Å²) in [6, 6.07) is 7.03. The zero-order chi connectivity index (χ0) is 12.0. The van der Waals surface area contributed by atoms with Crippen LogP contribution in [0.15, 0.2) is 24.3 Å². The second-order valence-corrected chi connectivity index (χ2v) is 3.36. The molecule has 86 valence electrons. The Morgan fingerprint density at radius 1 is 1.50 bits per heavy atom. The zero-order valence-corrected chi connectivity index (χ0v) is 8.96. The van der Waals surface area contributed by atoms with Crippen molar-refractivity contribution in [3.63, 3.8) is 0 Å². The maximum Gasteiger partial charge on any atom is 0.211 e. The molecule has 1 rings (SSSR count). The van der Waals surface area contributed by atoms with Crippen LogP contribution in [0.1, 0.15) is 17.9 Å². The number of aldehydes is 1. The van der Waals surface area contributed by atoms with Gasteiger partial charge in [-0.15, -0.1) is 0 Å². The SMILES string of the molecule is COc1ccccc1[C@@H](CC=O)C[N+](=O)[O-]. The monoisotopic (exact) mass is 223 g/mol. The number of carbonyl (C=O) groups excluding carboxylic acids is 1. The average molecular weight is 223 g/mol. The highest BCUT2D eigenvalue weighted by molar-refractivity contribution is 5.53. The van der Waals surface area contributed by atoms with Gasteiger partial charge in [0, 0.05) is 16.9 Å². The Balaban J connectivity index is 2.99. The van der Waals surface area contributed by atoms with Crippen molar-refractivity contribution in [3.8, 4) is 5.75 Å². The van der Waals surface area contributed by atoms with Gasteiger partial charge >= 0.3 is 0 Å². The number of benzene rings is 1. The van der Waals surface area contributed by atoms with Gasteiger partial charge in [-0.2, -0.15) is 0 Å². The molecule has 5 nitrogen and oxygen atoms in total. The van der Waals surface area contributed by atoms with Gasteiger partial charge in [0.15, 0.2) is 0 Å². The molecule has 1 atom stereocenters. The van der Waals surface area contributed by atoms with Gasteiger partial charge in [-0.1, -0.05) is 18.2 Å². The lowest BCUT2D eigenvalue weighted by molar-refractivity contribution is -0.483. The third-order valence-corrected chi connectivity index (χ3v) is 2.33. The first-order valence-electron chi connectivity index (χ1n) is 4.87. The van der Waals surface area contributed by atoms with Crippen LogP contribution in [-0.4, -0.2) is 24.9 Å². The van der Waals surface area contributed by atoms with Crippen molar-refractivity contribution in [2.45, 2.75) is 12.3 Å². The lowest BCUT2D eigenvalue weighted by atomic mass is 9.95. The summed E-state index contributed by atoms with van der Waals surface area (Å²) in [5, 5.41) is 10.5. The van der Waals surface area contributed by atoms with E-state index in [0.29, 0.717) is 17.6 Å². The molecule has 16 heavy (non-hydrogen) atoms. The molecular formula is C11H13NO4. The molecule has 1 aromatic carbocycles. The molecule has 0 aliphatic carbocycles. The van der Waals surface area contributed by atoms with Crippen molar-refractivity contribution in [1.82, 2.24) is 0 Å². The van der Waals surface area contributed by atoms with E-state index in [1.807, 2.05) is 0 Å². The quantitative estimate of drug-likeness (QED) is 0.417. The van der Waals surface area contributed by atoms with Crippen molar-refractivity contribution in [2.24, 2.45) is 0 Å². The largest absolute Gasteiger partial charge is 0.496 e. The maximum atomic E-state index is 10.5. The van der Waals surface area contributed by atoms with Gasteiger partial charge in [-0.3, -0.25) is 10.1 Å². The van der Waals surface area contributed by atoms with Crippen LogP contribution in [0.2, 0.25) is 0 Å². The van der Waals surface area contributed by atoms with Gasteiger partial charge in [0.1, 0.15) is 12.0 Å². The van der Waals surface area contributed by atoms with Gasteiger partial charge in [-0.25, -0.2) is 0 Å². The molecule has 0 fully saturated rings. The number of nitrogens with zero attached hydrogens (tertiary/aromatic N) is 1. The lowest BCUT2D eigenvalue weighted by Crippen LogP contribution is -2.14. The van der Waals surface area contributed by atoms with E-state index in [0.717, 1.165) is 0 Å². The lowest BCUT2D eigenvalue weighted by Gasteiger charge is -2.13. The number of methoxy groups -OCH3 is 1. The first kappa shape index (κ1) is 12.2. The molecular weight excluding hydrogens is 210 g/mol. The van der Waals surface area contributed by atoms with Crippen LogP contribution in [0.25, 0.3) is 0 Å². The number of hydrogen-bond acceptors (Lipinski definition) is 4. The number of para-hydroxylation sites is 1. The fourth-order valence-corrected chi connectivity index (χ4v) is 1.60. The molecule has 0 aromatic heterocycles. The topological polar surface area (TPSA) is 69.4 Å². The van der Waals surface area contributed by atoms with E-state index in [9.17, 15) is 14.9 Å². The Bertz CT molecular complexity index is 378. The zero-order valence-electron chi connectivity index (χ0n) is 8.96. The Morgan fingerprint density at radius 2 is 2.19 bits per heavy atom. The van der Waals surface area contributed by atoms with Gasteiger partial charge in [0.05, 0.1) is 13.0 Å². The Morgan fingerprint density at radius 3 is 2.75 bits per heavy atom. The summed E-state index contributed by atoms with van der Waals surface area (Å²) in [6.45, 7) is -0.265. The molecule has 0 heterocycles. The fourth-order valence-electron chi connectivity index (χ4n) is 1.60. The summed E-state index contributed by atoms with van der Waals surface area (Å²) in [5.41, 5.74) is 0.703. The molecule has 5 heteroatoms. The van der Waals surface area contributed by atoms with Crippen molar-refractivity contribution in [2.75, 3.05) is 13.7 Å². The summed E-state index contributed by atoms with van der Waals surface area (Å²) in [5.74, 6) is 0.153. The molecule has 0 aliphatic heterocycles. The molecule has 0 saturated heterocycles. The highest BCUT2D eigenvalue weighted by atomic mass is 16.6. The third-order valence-electron chi connectivity index (χ3n) is 2.33. The van der Waals surface area contributed by atoms with Gasteiger partial charge in [0.2, 0.25) is 6.54 Å². The summed E-state index contributed by atoms with van der Waals surface area (Å²) in [7, 11) is 1.50. The number of nitro groups is 1. The Labute approximate surface area is 93.2 Å². The second-order valence-electron chi connectivity index (χ2n) is 3.36. The number of rotatable bonds is 6. The molecule has 0 N–H and O–H groups in total. The molecule has 0 bridgehead atoms. The van der Waals surface area contributed by atoms with Crippen LogP contribution in [0.5, 0.6) is 5.75 Å². The highest BCUT2D eigenvalue weighted by Crippen LogP contribution is 2.28. The summed E-state index contributed by atoms with van der Waals surface area (Å²) in [6.07, 6.45) is 0.821. The molecule has 0 unspecified atom stereocenters. The van der Waals surface area contributed by atoms with Crippen LogP contribution in [-0.2, 0) is 4.79 Å².